The molecule has 0 aliphatic carbocycles. The van der Waals surface area contributed by atoms with Gasteiger partial charge in [-0.25, -0.2) is 4.39 Å². The van der Waals surface area contributed by atoms with Gasteiger partial charge in [0.25, 0.3) is 0 Å². The highest BCUT2D eigenvalue weighted by atomic mass is 32.2. The van der Waals surface area contributed by atoms with Gasteiger partial charge >= 0.3 is 0 Å². The molecule has 1 unspecified atom stereocenters. The third kappa shape index (κ3) is 2.84. The van der Waals surface area contributed by atoms with Crippen LogP contribution in [0.2, 0.25) is 0 Å². The van der Waals surface area contributed by atoms with E-state index in [9.17, 15) is 9.18 Å². The van der Waals surface area contributed by atoms with E-state index in [1.807, 2.05) is 0 Å². The van der Waals surface area contributed by atoms with E-state index in [1.54, 1.807) is 25.1 Å². The first-order valence-corrected chi connectivity index (χ1v) is 4.91. The highest BCUT2D eigenvalue weighted by molar-refractivity contribution is 8.00. The average Bonchev–Trinajstić information content (AvgIpc) is 2.08. The van der Waals surface area contributed by atoms with Gasteiger partial charge in [-0.05, 0) is 26.0 Å². The van der Waals surface area contributed by atoms with Crippen LogP contribution in [0, 0.1) is 5.82 Å². The standard InChI is InChI=1S/C10H11FOS/c1-7(12)8(2)13-10-6-4-3-5-9(10)11/h3-6,8H,1-2H3. The second kappa shape index (κ2) is 4.42. The fraction of sp³-hybridized carbons (Fsp3) is 0.300. The Labute approximate surface area is 81.3 Å². The van der Waals surface area contributed by atoms with Crippen LogP contribution in [-0.4, -0.2) is 11.0 Å². The topological polar surface area (TPSA) is 17.1 Å². The molecule has 0 radical (unpaired) electrons. The van der Waals surface area contributed by atoms with E-state index in [1.165, 1.54) is 24.8 Å². The van der Waals surface area contributed by atoms with Crippen LogP contribution in [0.25, 0.3) is 0 Å². The van der Waals surface area contributed by atoms with Crippen LogP contribution in [0.5, 0.6) is 0 Å². The molecule has 1 aromatic rings. The second-order valence-corrected chi connectivity index (χ2v) is 4.18. The third-order valence-corrected chi connectivity index (χ3v) is 2.98. The summed E-state index contributed by atoms with van der Waals surface area (Å²) < 4.78 is 13.1. The van der Waals surface area contributed by atoms with Crippen LogP contribution in [-0.2, 0) is 4.79 Å². The average molecular weight is 198 g/mol. The fourth-order valence-corrected chi connectivity index (χ4v) is 1.70. The second-order valence-electron chi connectivity index (χ2n) is 2.80. The number of ketones is 1. The van der Waals surface area contributed by atoms with Crippen molar-refractivity contribution in [1.29, 1.82) is 0 Å². The molecule has 0 N–H and O–H groups in total. The van der Waals surface area contributed by atoms with Gasteiger partial charge < -0.3 is 0 Å². The van der Waals surface area contributed by atoms with Crippen molar-refractivity contribution in [3.63, 3.8) is 0 Å². The molecule has 70 valence electrons. The van der Waals surface area contributed by atoms with Crippen LogP contribution >= 0.6 is 11.8 Å². The molecule has 0 aromatic heterocycles. The molecule has 1 rings (SSSR count). The lowest BCUT2D eigenvalue weighted by atomic mass is 10.3. The van der Waals surface area contributed by atoms with Gasteiger partial charge in [0, 0.05) is 4.90 Å². The highest BCUT2D eigenvalue weighted by Crippen LogP contribution is 2.25. The van der Waals surface area contributed by atoms with Gasteiger partial charge in [-0.15, -0.1) is 11.8 Å². The lowest BCUT2D eigenvalue weighted by Crippen LogP contribution is -2.07. The van der Waals surface area contributed by atoms with Crippen molar-refractivity contribution in [1.82, 2.24) is 0 Å². The van der Waals surface area contributed by atoms with Crippen LogP contribution in [0.3, 0.4) is 0 Å². The molecular formula is C10H11FOS. The number of thioether (sulfide) groups is 1. The minimum atomic E-state index is -0.263. The summed E-state index contributed by atoms with van der Waals surface area (Å²) in [5.41, 5.74) is 0. The van der Waals surface area contributed by atoms with Gasteiger partial charge in [0.05, 0.1) is 5.25 Å². The van der Waals surface area contributed by atoms with Crippen molar-refractivity contribution >= 4 is 17.5 Å². The minimum Gasteiger partial charge on any atom is -0.299 e. The summed E-state index contributed by atoms with van der Waals surface area (Å²) in [7, 11) is 0. The van der Waals surface area contributed by atoms with E-state index in [0.717, 1.165) is 0 Å². The molecule has 13 heavy (non-hydrogen) atoms. The first-order valence-electron chi connectivity index (χ1n) is 4.03. The predicted octanol–water partition coefficient (Wildman–Crippen LogP) is 2.90. The Morgan fingerprint density at radius 1 is 1.46 bits per heavy atom. The lowest BCUT2D eigenvalue weighted by molar-refractivity contribution is -0.116. The molecule has 0 bridgehead atoms. The number of carbonyl (C=O) groups is 1. The monoisotopic (exact) mass is 198 g/mol. The Kier molecular flexibility index (Phi) is 3.48. The number of benzene rings is 1. The molecule has 0 saturated heterocycles. The number of Topliss-reactive ketones (excluding diaryl/α,β-unsaturated/α-hetero) is 1. The molecule has 1 atom stereocenters. The van der Waals surface area contributed by atoms with E-state index < -0.39 is 0 Å². The molecule has 0 saturated carbocycles. The van der Waals surface area contributed by atoms with Crippen molar-refractivity contribution in [2.75, 3.05) is 0 Å². The zero-order valence-electron chi connectivity index (χ0n) is 7.58. The van der Waals surface area contributed by atoms with E-state index in [-0.39, 0.29) is 16.9 Å². The zero-order chi connectivity index (χ0) is 9.84. The number of rotatable bonds is 3. The zero-order valence-corrected chi connectivity index (χ0v) is 8.40. The summed E-state index contributed by atoms with van der Waals surface area (Å²) in [6.45, 7) is 3.29. The largest absolute Gasteiger partial charge is 0.299 e. The summed E-state index contributed by atoms with van der Waals surface area (Å²) in [5.74, 6) is -0.200. The van der Waals surface area contributed by atoms with E-state index >= 15 is 0 Å². The molecule has 0 spiro atoms. The summed E-state index contributed by atoms with van der Waals surface area (Å²) in [4.78, 5) is 11.4. The van der Waals surface area contributed by atoms with Gasteiger partial charge in [-0.1, -0.05) is 12.1 Å². The Balaban J connectivity index is 2.74. The van der Waals surface area contributed by atoms with Gasteiger partial charge in [0.15, 0.2) is 0 Å². The molecule has 3 heteroatoms. The first-order chi connectivity index (χ1) is 6.11. The van der Waals surface area contributed by atoms with Crippen LogP contribution in [0.1, 0.15) is 13.8 Å². The van der Waals surface area contributed by atoms with Crippen LogP contribution < -0.4 is 0 Å². The summed E-state index contributed by atoms with van der Waals surface area (Å²) in [6.07, 6.45) is 0. The summed E-state index contributed by atoms with van der Waals surface area (Å²) >= 11 is 1.25. The van der Waals surface area contributed by atoms with Crippen molar-refractivity contribution in [2.45, 2.75) is 24.0 Å². The predicted molar refractivity (Wildman–Crippen MR) is 52.4 cm³/mol. The molecule has 0 aliphatic heterocycles. The summed E-state index contributed by atoms with van der Waals surface area (Å²) in [6, 6.07) is 6.48. The van der Waals surface area contributed by atoms with Crippen LogP contribution in [0.15, 0.2) is 29.2 Å². The molecule has 1 aromatic carbocycles. The minimum absolute atomic E-state index is 0.0632. The quantitative estimate of drug-likeness (QED) is 0.695. The number of hydrogen-bond donors (Lipinski definition) is 0. The maximum Gasteiger partial charge on any atom is 0.142 e. The third-order valence-electron chi connectivity index (χ3n) is 1.71. The molecule has 1 nitrogen and oxygen atoms in total. The number of halogens is 1. The SMILES string of the molecule is CC(=O)C(C)Sc1ccccc1F. The summed E-state index contributed by atoms with van der Waals surface area (Å²) in [5, 5.41) is -0.183. The normalized spacial score (nSPS) is 12.5. The van der Waals surface area contributed by atoms with Crippen molar-refractivity contribution in [3.05, 3.63) is 30.1 Å². The Morgan fingerprint density at radius 2 is 2.08 bits per heavy atom. The van der Waals surface area contributed by atoms with Crippen molar-refractivity contribution in [2.24, 2.45) is 0 Å². The van der Waals surface area contributed by atoms with Crippen molar-refractivity contribution in [3.8, 4) is 0 Å². The van der Waals surface area contributed by atoms with Gasteiger partial charge in [-0.3, -0.25) is 4.79 Å². The van der Waals surface area contributed by atoms with E-state index in [2.05, 4.69) is 0 Å². The van der Waals surface area contributed by atoms with Gasteiger partial charge in [0.1, 0.15) is 11.6 Å². The Bertz CT molecular complexity index is 312. The maximum absolute atomic E-state index is 13.1. The van der Waals surface area contributed by atoms with Gasteiger partial charge in [0.2, 0.25) is 0 Å². The number of hydrogen-bond acceptors (Lipinski definition) is 2. The molecule has 0 fully saturated rings. The smallest absolute Gasteiger partial charge is 0.142 e. The maximum atomic E-state index is 13.1. The molecule has 0 heterocycles. The fourth-order valence-electron chi connectivity index (χ4n) is 0.814. The van der Waals surface area contributed by atoms with E-state index in [0.29, 0.717) is 4.90 Å². The lowest BCUT2D eigenvalue weighted by Gasteiger charge is -2.07. The number of carbonyl (C=O) groups excluding carboxylic acids is 1. The first kappa shape index (κ1) is 10.3. The van der Waals surface area contributed by atoms with E-state index in [4.69, 9.17) is 0 Å². The van der Waals surface area contributed by atoms with Gasteiger partial charge in [-0.2, -0.15) is 0 Å². The Morgan fingerprint density at radius 3 is 2.62 bits per heavy atom. The van der Waals surface area contributed by atoms with Crippen LogP contribution in [0.4, 0.5) is 4.39 Å². The Hall–Kier alpha value is -0.830. The molecule has 0 amide bonds. The molecule has 0 aliphatic rings. The highest BCUT2D eigenvalue weighted by Gasteiger charge is 2.11. The van der Waals surface area contributed by atoms with Crippen molar-refractivity contribution < 1.29 is 9.18 Å². The molecular weight excluding hydrogens is 187 g/mol.